The first-order chi connectivity index (χ1) is 16.5. The van der Waals surface area contributed by atoms with Crippen molar-refractivity contribution in [3.63, 3.8) is 0 Å². The molecule has 0 aliphatic carbocycles. The van der Waals surface area contributed by atoms with E-state index < -0.39 is 4.92 Å². The van der Waals surface area contributed by atoms with Gasteiger partial charge in [0.1, 0.15) is 5.76 Å². The van der Waals surface area contributed by atoms with Crippen LogP contribution in [0.25, 0.3) is 11.3 Å². The normalized spacial score (nSPS) is 21.1. The summed E-state index contributed by atoms with van der Waals surface area (Å²) in [4.78, 5) is 37.7. The van der Waals surface area contributed by atoms with Gasteiger partial charge in [0, 0.05) is 41.5 Å². The van der Waals surface area contributed by atoms with E-state index in [1.54, 1.807) is 36.4 Å². The van der Waals surface area contributed by atoms with Crippen LogP contribution in [0.5, 0.6) is 0 Å². The standard InChI is InChI=1S/C25H24N4O5/c30-24(18-3-7-20(8-4-18)29(32)33)26-19-5-1-17(2-6-19)22-9-10-23(34-22)25(31)27-21-15-28-13-11-16(21)12-14-28/h1-10,16,21H,11-15H2,(H,26,30)(H,27,31). The third-order valence-electron chi connectivity index (χ3n) is 6.57. The lowest BCUT2D eigenvalue weighted by Gasteiger charge is -2.44. The maximum absolute atomic E-state index is 12.7. The molecule has 2 amide bonds. The Bertz CT molecular complexity index is 1210. The Morgan fingerprint density at radius 3 is 2.26 bits per heavy atom. The second-order valence-electron chi connectivity index (χ2n) is 8.72. The van der Waals surface area contributed by atoms with Crippen LogP contribution in [-0.4, -0.2) is 47.3 Å². The minimum Gasteiger partial charge on any atom is -0.451 e. The highest BCUT2D eigenvalue weighted by Crippen LogP contribution is 2.28. The summed E-state index contributed by atoms with van der Waals surface area (Å²) in [6.07, 6.45) is 2.25. The number of rotatable bonds is 6. The molecule has 0 radical (unpaired) electrons. The number of benzene rings is 2. The van der Waals surface area contributed by atoms with Gasteiger partial charge in [-0.3, -0.25) is 19.7 Å². The molecule has 9 heteroatoms. The van der Waals surface area contributed by atoms with Gasteiger partial charge in [0.05, 0.1) is 4.92 Å². The molecule has 3 fully saturated rings. The number of nitrogens with zero attached hydrogens (tertiary/aromatic N) is 2. The molecule has 3 saturated heterocycles. The zero-order valence-corrected chi connectivity index (χ0v) is 18.4. The Morgan fingerprint density at radius 1 is 0.941 bits per heavy atom. The van der Waals surface area contributed by atoms with Crippen LogP contribution in [0.1, 0.15) is 33.8 Å². The number of fused-ring (bicyclic) bond motifs is 3. The molecule has 1 aromatic heterocycles. The van der Waals surface area contributed by atoms with Crippen molar-refractivity contribution >= 4 is 23.2 Å². The Balaban J connectivity index is 1.20. The van der Waals surface area contributed by atoms with Gasteiger partial charge >= 0.3 is 0 Å². The number of furan rings is 1. The van der Waals surface area contributed by atoms with Crippen molar-refractivity contribution < 1.29 is 18.9 Å². The zero-order valence-electron chi connectivity index (χ0n) is 18.4. The molecular weight excluding hydrogens is 436 g/mol. The van der Waals surface area contributed by atoms with Crippen LogP contribution in [0.2, 0.25) is 0 Å². The quantitative estimate of drug-likeness (QED) is 0.425. The molecule has 3 aromatic rings. The van der Waals surface area contributed by atoms with Crippen molar-refractivity contribution in [1.29, 1.82) is 0 Å². The number of piperidine rings is 3. The fourth-order valence-corrected chi connectivity index (χ4v) is 4.64. The van der Waals surface area contributed by atoms with Crippen LogP contribution in [-0.2, 0) is 0 Å². The molecule has 3 aliphatic heterocycles. The Labute approximate surface area is 195 Å². The largest absolute Gasteiger partial charge is 0.451 e. The molecule has 0 saturated carbocycles. The van der Waals surface area contributed by atoms with Crippen LogP contribution in [0.3, 0.4) is 0 Å². The molecule has 174 valence electrons. The number of hydrogen-bond acceptors (Lipinski definition) is 6. The number of nitrogens with one attached hydrogen (secondary N) is 2. The van der Waals surface area contributed by atoms with Crippen LogP contribution >= 0.6 is 0 Å². The zero-order chi connectivity index (χ0) is 23.7. The van der Waals surface area contributed by atoms with Gasteiger partial charge in [0.15, 0.2) is 5.76 Å². The predicted octanol–water partition coefficient (Wildman–Crippen LogP) is 3.93. The van der Waals surface area contributed by atoms with Crippen molar-refractivity contribution in [3.05, 3.63) is 82.1 Å². The van der Waals surface area contributed by atoms with Crippen molar-refractivity contribution in [2.24, 2.45) is 5.92 Å². The van der Waals surface area contributed by atoms with Crippen molar-refractivity contribution in [3.8, 4) is 11.3 Å². The van der Waals surface area contributed by atoms with E-state index in [-0.39, 0.29) is 29.3 Å². The summed E-state index contributed by atoms with van der Waals surface area (Å²) in [5.41, 5.74) is 1.59. The summed E-state index contributed by atoms with van der Waals surface area (Å²) in [5.74, 6) is 0.816. The number of hydrogen-bond donors (Lipinski definition) is 2. The summed E-state index contributed by atoms with van der Waals surface area (Å²) >= 11 is 0. The summed E-state index contributed by atoms with van der Waals surface area (Å²) < 4.78 is 5.81. The average molecular weight is 460 g/mol. The smallest absolute Gasteiger partial charge is 0.287 e. The first-order valence-electron chi connectivity index (χ1n) is 11.3. The van der Waals surface area contributed by atoms with Gasteiger partial charge in [-0.2, -0.15) is 0 Å². The minimum absolute atomic E-state index is 0.0730. The molecule has 2 N–H and O–H groups in total. The number of carbonyl (C=O) groups excluding carboxylic acids is 2. The fourth-order valence-electron chi connectivity index (χ4n) is 4.64. The molecule has 34 heavy (non-hydrogen) atoms. The lowest BCUT2D eigenvalue weighted by molar-refractivity contribution is -0.384. The van der Waals surface area contributed by atoms with Crippen molar-refractivity contribution in [2.45, 2.75) is 18.9 Å². The van der Waals surface area contributed by atoms with Gasteiger partial charge in [0.25, 0.3) is 17.5 Å². The molecule has 3 aliphatic rings. The maximum Gasteiger partial charge on any atom is 0.287 e. The second kappa shape index (κ2) is 9.11. The molecule has 2 aromatic carbocycles. The highest BCUT2D eigenvalue weighted by molar-refractivity contribution is 6.04. The number of non-ortho nitro benzene ring substituents is 1. The molecule has 1 unspecified atom stereocenters. The Morgan fingerprint density at radius 2 is 1.65 bits per heavy atom. The van der Waals surface area contributed by atoms with E-state index >= 15 is 0 Å². The number of carbonyl (C=O) groups is 2. The molecule has 1 atom stereocenters. The number of anilines is 1. The number of nitro benzene ring substituents is 1. The van der Waals surface area contributed by atoms with E-state index in [0.29, 0.717) is 22.9 Å². The van der Waals surface area contributed by atoms with Crippen molar-refractivity contribution in [1.82, 2.24) is 10.2 Å². The molecule has 6 rings (SSSR count). The van der Waals surface area contributed by atoms with E-state index in [1.807, 2.05) is 0 Å². The average Bonchev–Trinajstić information content (AvgIpc) is 3.36. The molecular formula is C25H24N4O5. The highest BCUT2D eigenvalue weighted by Gasteiger charge is 2.35. The lowest BCUT2D eigenvalue weighted by Crippen LogP contribution is -2.57. The van der Waals surface area contributed by atoms with E-state index in [4.69, 9.17) is 4.42 Å². The van der Waals surface area contributed by atoms with Gasteiger partial charge in [-0.15, -0.1) is 0 Å². The van der Waals surface area contributed by atoms with Crippen LogP contribution in [0.4, 0.5) is 11.4 Å². The molecule has 0 spiro atoms. The fraction of sp³-hybridized carbons (Fsp3) is 0.280. The topological polar surface area (TPSA) is 118 Å². The Hall–Kier alpha value is -3.98. The summed E-state index contributed by atoms with van der Waals surface area (Å²) in [5, 5.41) is 16.6. The minimum atomic E-state index is -0.512. The van der Waals surface area contributed by atoms with E-state index in [0.717, 1.165) is 38.0 Å². The van der Waals surface area contributed by atoms with E-state index in [1.165, 1.54) is 24.3 Å². The third kappa shape index (κ3) is 4.55. The SMILES string of the molecule is O=C(Nc1ccc(-c2ccc(C(=O)NC3CN4CCC3CC4)o2)cc1)c1ccc([N+](=O)[O-])cc1. The van der Waals surface area contributed by atoms with E-state index in [9.17, 15) is 19.7 Å². The summed E-state index contributed by atoms with van der Waals surface area (Å²) in [7, 11) is 0. The van der Waals surface area contributed by atoms with Crippen molar-refractivity contribution in [2.75, 3.05) is 25.0 Å². The van der Waals surface area contributed by atoms with Crippen LogP contribution < -0.4 is 10.6 Å². The van der Waals surface area contributed by atoms with Gasteiger partial charge in [-0.25, -0.2) is 0 Å². The van der Waals surface area contributed by atoms with Gasteiger partial charge in [-0.05, 0) is 80.4 Å². The van der Waals surface area contributed by atoms with E-state index in [2.05, 4.69) is 15.5 Å². The third-order valence-corrected chi connectivity index (χ3v) is 6.57. The first-order valence-corrected chi connectivity index (χ1v) is 11.3. The summed E-state index contributed by atoms with van der Waals surface area (Å²) in [6.45, 7) is 3.13. The Kier molecular flexibility index (Phi) is 5.85. The molecule has 2 bridgehead atoms. The number of amides is 2. The first kappa shape index (κ1) is 21.8. The maximum atomic E-state index is 12.7. The highest BCUT2D eigenvalue weighted by atomic mass is 16.6. The van der Waals surface area contributed by atoms with Gasteiger partial charge in [-0.1, -0.05) is 0 Å². The lowest BCUT2D eigenvalue weighted by atomic mass is 9.84. The monoisotopic (exact) mass is 460 g/mol. The predicted molar refractivity (Wildman–Crippen MR) is 126 cm³/mol. The van der Waals surface area contributed by atoms with Crippen LogP contribution in [0.15, 0.2) is 65.1 Å². The van der Waals surface area contributed by atoms with Crippen LogP contribution in [0, 0.1) is 16.0 Å². The molecule has 4 heterocycles. The summed E-state index contributed by atoms with van der Waals surface area (Å²) in [6, 6.07) is 16.0. The molecule has 9 nitrogen and oxygen atoms in total. The van der Waals surface area contributed by atoms with Gasteiger partial charge in [0.2, 0.25) is 0 Å². The number of nitro groups is 1. The van der Waals surface area contributed by atoms with Gasteiger partial charge < -0.3 is 20.0 Å². The second-order valence-corrected chi connectivity index (χ2v) is 8.72.